The lowest BCUT2D eigenvalue weighted by atomic mass is 10.2. The first kappa shape index (κ1) is 18.9. The molecule has 0 radical (unpaired) electrons. The molecule has 1 amide bonds. The van der Waals surface area contributed by atoms with Gasteiger partial charge in [0.2, 0.25) is 0 Å². The van der Waals surface area contributed by atoms with Crippen LogP contribution in [0.1, 0.15) is 22.5 Å². The van der Waals surface area contributed by atoms with Gasteiger partial charge in [0.25, 0.3) is 5.91 Å². The average Bonchev–Trinajstić information content (AvgIpc) is 3.09. The number of hydrogen-bond acceptors (Lipinski definition) is 5. The number of amides is 1. The summed E-state index contributed by atoms with van der Waals surface area (Å²) in [7, 11) is 0.373. The standard InChI is InChI=1S/C17H21ClN4O3S/c1-12-16(10-19-21(12)14-6-4-5-13(18)9-14)17(23)22(20(2)3)15-7-8-26(24,25)11-15/h4-6,9-10,15H,7-8,11H2,1-3H3. The van der Waals surface area contributed by atoms with Crippen LogP contribution >= 0.6 is 11.6 Å². The van der Waals surface area contributed by atoms with E-state index in [9.17, 15) is 13.2 Å². The van der Waals surface area contributed by atoms with Gasteiger partial charge in [0.1, 0.15) is 0 Å². The van der Waals surface area contributed by atoms with Gasteiger partial charge in [-0.3, -0.25) is 9.80 Å². The molecule has 1 aromatic heterocycles. The molecule has 26 heavy (non-hydrogen) atoms. The minimum absolute atomic E-state index is 0.0155. The fraction of sp³-hybridized carbons (Fsp3) is 0.412. The Morgan fingerprint density at radius 2 is 2.08 bits per heavy atom. The van der Waals surface area contributed by atoms with Crippen molar-refractivity contribution in [1.82, 2.24) is 19.8 Å². The van der Waals surface area contributed by atoms with Gasteiger partial charge in [0, 0.05) is 19.1 Å². The summed E-state index contributed by atoms with van der Waals surface area (Å²) >= 11 is 6.04. The molecule has 9 heteroatoms. The lowest BCUT2D eigenvalue weighted by Gasteiger charge is -2.33. The van der Waals surface area contributed by atoms with Crippen molar-refractivity contribution in [2.75, 3.05) is 25.6 Å². The zero-order valence-corrected chi connectivity index (χ0v) is 16.5. The summed E-state index contributed by atoms with van der Waals surface area (Å²) in [5, 5.41) is 8.05. The van der Waals surface area contributed by atoms with Crippen LogP contribution in [-0.4, -0.2) is 65.8 Å². The molecule has 1 aliphatic rings. The Kier molecular flexibility index (Phi) is 5.09. The van der Waals surface area contributed by atoms with E-state index in [0.29, 0.717) is 22.7 Å². The lowest BCUT2D eigenvalue weighted by molar-refractivity contribution is 0.000942. The molecule has 0 bridgehead atoms. The fourth-order valence-electron chi connectivity index (χ4n) is 3.25. The molecule has 2 aromatic rings. The summed E-state index contributed by atoms with van der Waals surface area (Å²) in [5.41, 5.74) is 1.86. The summed E-state index contributed by atoms with van der Waals surface area (Å²) < 4.78 is 25.3. The van der Waals surface area contributed by atoms with E-state index in [0.717, 1.165) is 5.69 Å². The van der Waals surface area contributed by atoms with Crippen molar-refractivity contribution >= 4 is 27.3 Å². The first-order valence-corrected chi connectivity index (χ1v) is 10.4. The molecule has 0 saturated carbocycles. The van der Waals surface area contributed by atoms with Crippen molar-refractivity contribution in [3.05, 3.63) is 46.7 Å². The average molecular weight is 397 g/mol. The number of benzene rings is 1. The van der Waals surface area contributed by atoms with Gasteiger partial charge in [-0.05, 0) is 31.5 Å². The molecule has 2 heterocycles. The van der Waals surface area contributed by atoms with Crippen LogP contribution in [-0.2, 0) is 9.84 Å². The Balaban J connectivity index is 1.94. The number of carbonyl (C=O) groups excluding carboxylic acids is 1. The Hall–Kier alpha value is -1.90. The van der Waals surface area contributed by atoms with Gasteiger partial charge >= 0.3 is 0 Å². The Bertz CT molecular complexity index is 939. The minimum atomic E-state index is -3.10. The van der Waals surface area contributed by atoms with Crippen molar-refractivity contribution in [1.29, 1.82) is 0 Å². The Labute approximate surface area is 158 Å². The van der Waals surface area contributed by atoms with Gasteiger partial charge in [-0.25, -0.2) is 18.1 Å². The molecule has 1 aromatic carbocycles. The first-order valence-electron chi connectivity index (χ1n) is 8.21. The third-order valence-electron chi connectivity index (χ3n) is 4.49. The van der Waals surface area contributed by atoms with Crippen LogP contribution in [0, 0.1) is 6.92 Å². The van der Waals surface area contributed by atoms with Crippen LogP contribution in [0.3, 0.4) is 0 Å². The van der Waals surface area contributed by atoms with Crippen molar-refractivity contribution in [3.8, 4) is 5.69 Å². The molecule has 0 aliphatic carbocycles. The van der Waals surface area contributed by atoms with Gasteiger partial charge in [0.05, 0.1) is 40.7 Å². The summed E-state index contributed by atoms with van der Waals surface area (Å²) in [5.74, 6) is -0.170. The predicted octanol–water partition coefficient (Wildman–Crippen LogP) is 1.94. The SMILES string of the molecule is Cc1c(C(=O)N(C2CCS(=O)(=O)C2)N(C)C)cnn1-c1cccc(Cl)c1. The molecular formula is C17H21ClN4O3S. The normalized spacial score (nSPS) is 19.0. The monoisotopic (exact) mass is 396 g/mol. The second-order valence-corrected chi connectivity index (χ2v) is 9.25. The maximum atomic E-state index is 13.1. The molecule has 7 nitrogen and oxygen atoms in total. The molecule has 1 atom stereocenters. The van der Waals surface area contributed by atoms with Gasteiger partial charge in [-0.2, -0.15) is 5.10 Å². The van der Waals surface area contributed by atoms with E-state index in [4.69, 9.17) is 11.6 Å². The number of hydrogen-bond donors (Lipinski definition) is 0. The molecule has 1 saturated heterocycles. The van der Waals surface area contributed by atoms with Crippen LogP contribution in [0.2, 0.25) is 5.02 Å². The van der Waals surface area contributed by atoms with E-state index in [1.54, 1.807) is 42.8 Å². The quantitative estimate of drug-likeness (QED) is 0.738. The van der Waals surface area contributed by atoms with E-state index in [1.807, 2.05) is 12.1 Å². The number of nitrogens with zero attached hydrogens (tertiary/aromatic N) is 4. The predicted molar refractivity (Wildman–Crippen MR) is 100 cm³/mol. The van der Waals surface area contributed by atoms with Crippen molar-refractivity contribution in [2.45, 2.75) is 19.4 Å². The third kappa shape index (κ3) is 3.62. The molecular weight excluding hydrogens is 376 g/mol. The number of sulfone groups is 1. The van der Waals surface area contributed by atoms with Crippen molar-refractivity contribution in [2.24, 2.45) is 0 Å². The highest BCUT2D eigenvalue weighted by molar-refractivity contribution is 7.91. The van der Waals surface area contributed by atoms with Gasteiger partial charge in [-0.15, -0.1) is 0 Å². The molecule has 1 aliphatic heterocycles. The molecule has 1 unspecified atom stereocenters. The molecule has 0 N–H and O–H groups in total. The van der Waals surface area contributed by atoms with E-state index in [-0.39, 0.29) is 23.5 Å². The molecule has 140 valence electrons. The van der Waals surface area contributed by atoms with E-state index in [2.05, 4.69) is 5.10 Å². The van der Waals surface area contributed by atoms with Crippen LogP contribution in [0.4, 0.5) is 0 Å². The van der Waals surface area contributed by atoms with Crippen LogP contribution in [0.5, 0.6) is 0 Å². The topological polar surface area (TPSA) is 75.5 Å². The number of aromatic nitrogens is 2. The summed E-state index contributed by atoms with van der Waals surface area (Å²) in [6.45, 7) is 1.81. The number of carbonyl (C=O) groups is 1. The van der Waals surface area contributed by atoms with Crippen molar-refractivity contribution < 1.29 is 13.2 Å². The third-order valence-corrected chi connectivity index (χ3v) is 6.47. The van der Waals surface area contributed by atoms with Crippen molar-refractivity contribution in [3.63, 3.8) is 0 Å². The number of halogens is 1. The zero-order valence-electron chi connectivity index (χ0n) is 14.9. The second-order valence-electron chi connectivity index (χ2n) is 6.59. The highest BCUT2D eigenvalue weighted by Crippen LogP contribution is 2.23. The summed E-state index contributed by atoms with van der Waals surface area (Å²) in [4.78, 5) is 13.1. The molecule has 1 fully saturated rings. The highest BCUT2D eigenvalue weighted by atomic mass is 35.5. The maximum Gasteiger partial charge on any atom is 0.271 e. The minimum Gasteiger partial charge on any atom is -0.268 e. The highest BCUT2D eigenvalue weighted by Gasteiger charge is 2.37. The van der Waals surface area contributed by atoms with Gasteiger partial charge in [0.15, 0.2) is 9.84 Å². The van der Waals surface area contributed by atoms with Crippen LogP contribution < -0.4 is 0 Å². The lowest BCUT2D eigenvalue weighted by Crippen LogP contribution is -2.49. The smallest absolute Gasteiger partial charge is 0.268 e. The van der Waals surface area contributed by atoms with E-state index >= 15 is 0 Å². The Morgan fingerprint density at radius 1 is 1.35 bits per heavy atom. The fourth-order valence-corrected chi connectivity index (χ4v) is 5.13. The van der Waals surface area contributed by atoms with E-state index in [1.165, 1.54) is 11.2 Å². The summed E-state index contributed by atoms with van der Waals surface area (Å²) in [6, 6.07) is 6.84. The number of hydrazine groups is 1. The van der Waals surface area contributed by atoms with Crippen LogP contribution in [0.15, 0.2) is 30.5 Å². The van der Waals surface area contributed by atoms with Gasteiger partial charge in [-0.1, -0.05) is 17.7 Å². The maximum absolute atomic E-state index is 13.1. The molecule has 0 spiro atoms. The first-order chi connectivity index (χ1) is 12.2. The summed E-state index contributed by atoms with van der Waals surface area (Å²) in [6.07, 6.45) is 1.95. The van der Waals surface area contributed by atoms with E-state index < -0.39 is 9.84 Å². The zero-order chi connectivity index (χ0) is 19.1. The molecule has 3 rings (SSSR count). The van der Waals surface area contributed by atoms with Gasteiger partial charge < -0.3 is 0 Å². The second kappa shape index (κ2) is 7.02. The van der Waals surface area contributed by atoms with Crippen LogP contribution in [0.25, 0.3) is 5.69 Å². The Morgan fingerprint density at radius 3 is 2.65 bits per heavy atom. The largest absolute Gasteiger partial charge is 0.271 e. The number of rotatable bonds is 4.